The van der Waals surface area contributed by atoms with Gasteiger partial charge in [-0.3, -0.25) is 14.6 Å². The highest BCUT2D eigenvalue weighted by Gasteiger charge is 2.26. The summed E-state index contributed by atoms with van der Waals surface area (Å²) in [7, 11) is 1.52. The lowest BCUT2D eigenvalue weighted by Gasteiger charge is -2.14. The van der Waals surface area contributed by atoms with Gasteiger partial charge in [0.2, 0.25) is 0 Å². The summed E-state index contributed by atoms with van der Waals surface area (Å²) in [4.78, 5) is 33.7. The van der Waals surface area contributed by atoms with E-state index in [1.54, 1.807) is 30.3 Å². The van der Waals surface area contributed by atoms with Gasteiger partial charge in [-0.05, 0) is 66.1 Å². The summed E-state index contributed by atoms with van der Waals surface area (Å²) < 4.78 is 27.4. The zero-order valence-electron chi connectivity index (χ0n) is 22.0. The maximum Gasteiger partial charge on any atom is 0.276 e. The van der Waals surface area contributed by atoms with Gasteiger partial charge in [0.25, 0.3) is 17.7 Å². The lowest BCUT2D eigenvalue weighted by Crippen LogP contribution is -2.19. The van der Waals surface area contributed by atoms with Gasteiger partial charge in [0.15, 0.2) is 5.69 Å². The first kappa shape index (κ1) is 28.2. The molecule has 0 radical (unpaired) electrons. The number of hydrogen-bond acceptors (Lipinski definition) is 8. The molecule has 0 fully saturated rings. The number of aliphatic hydroxyl groups is 1. The largest absolute Gasteiger partial charge is 0.395 e. The molecule has 0 aliphatic carbocycles. The van der Waals surface area contributed by atoms with E-state index in [4.69, 9.17) is 0 Å². The second kappa shape index (κ2) is 11.9. The summed E-state index contributed by atoms with van der Waals surface area (Å²) in [5.74, 6) is -3.71. The van der Waals surface area contributed by atoms with E-state index in [9.17, 15) is 23.5 Å². The first-order valence-corrected chi connectivity index (χ1v) is 12.3. The van der Waals surface area contributed by atoms with Crippen LogP contribution in [-0.4, -0.2) is 57.3 Å². The Morgan fingerprint density at radius 2 is 1.80 bits per heavy atom. The van der Waals surface area contributed by atoms with Crippen molar-refractivity contribution in [2.45, 2.75) is 19.8 Å². The molecule has 2 amide bonds. The molecule has 0 saturated heterocycles. The van der Waals surface area contributed by atoms with Crippen LogP contribution in [0.25, 0.3) is 22.4 Å². The van der Waals surface area contributed by atoms with Crippen molar-refractivity contribution >= 4 is 23.3 Å². The highest BCUT2D eigenvalue weighted by molar-refractivity contribution is 6.03. The molecule has 206 valence electrons. The van der Waals surface area contributed by atoms with Gasteiger partial charge >= 0.3 is 0 Å². The average molecular weight is 548 g/mol. The van der Waals surface area contributed by atoms with Crippen molar-refractivity contribution in [2.75, 3.05) is 30.8 Å². The van der Waals surface area contributed by atoms with Crippen LogP contribution in [-0.2, 0) is 5.92 Å². The third kappa shape index (κ3) is 6.59. The summed E-state index contributed by atoms with van der Waals surface area (Å²) in [6, 6.07) is 13.2. The van der Waals surface area contributed by atoms with Crippen LogP contribution >= 0.6 is 0 Å². The summed E-state index contributed by atoms with van der Waals surface area (Å²) in [6.07, 6.45) is 2.44. The fraction of sp³-hybridized carbons (Fsp3) is 0.214. The minimum Gasteiger partial charge on any atom is -0.395 e. The van der Waals surface area contributed by atoms with E-state index in [1.807, 2.05) is 19.1 Å². The molecule has 0 saturated carbocycles. The van der Waals surface area contributed by atoms with Crippen LogP contribution in [0.2, 0.25) is 0 Å². The van der Waals surface area contributed by atoms with Gasteiger partial charge in [-0.2, -0.15) is 5.10 Å². The van der Waals surface area contributed by atoms with Crippen molar-refractivity contribution in [3.8, 4) is 22.4 Å². The van der Waals surface area contributed by atoms with E-state index < -0.39 is 17.4 Å². The number of rotatable bonds is 9. The van der Waals surface area contributed by atoms with Crippen LogP contribution in [0, 0.1) is 6.92 Å². The number of amides is 2. The van der Waals surface area contributed by atoms with Gasteiger partial charge in [0, 0.05) is 43.5 Å². The molecule has 1 aromatic carbocycles. The Labute approximate surface area is 228 Å². The SMILES string of the molecule is CNC(=O)c1cc(-c2cc(-c3cc(NC(=O)c4cc(C(C)(F)F)cnn4)ccc3C)cc(NCCO)n2)ccn1. The van der Waals surface area contributed by atoms with E-state index >= 15 is 0 Å². The van der Waals surface area contributed by atoms with Crippen molar-refractivity contribution in [1.82, 2.24) is 25.5 Å². The first-order chi connectivity index (χ1) is 19.1. The van der Waals surface area contributed by atoms with Crippen LogP contribution in [0.15, 0.2) is 60.9 Å². The normalized spacial score (nSPS) is 11.2. The number of aromatic nitrogens is 4. The smallest absolute Gasteiger partial charge is 0.276 e. The number of benzene rings is 1. The molecule has 0 bridgehead atoms. The second-order valence-electron chi connectivity index (χ2n) is 8.99. The van der Waals surface area contributed by atoms with Crippen LogP contribution in [0.4, 0.5) is 20.3 Å². The zero-order chi connectivity index (χ0) is 28.9. The maximum absolute atomic E-state index is 13.7. The Bertz CT molecular complexity index is 1560. The van der Waals surface area contributed by atoms with E-state index in [-0.39, 0.29) is 30.4 Å². The fourth-order valence-corrected chi connectivity index (χ4v) is 3.87. The number of aliphatic hydroxyl groups excluding tert-OH is 1. The minimum absolute atomic E-state index is 0.105. The van der Waals surface area contributed by atoms with Crippen molar-refractivity contribution < 1.29 is 23.5 Å². The van der Waals surface area contributed by atoms with Crippen LogP contribution in [0.1, 0.15) is 39.0 Å². The molecule has 40 heavy (non-hydrogen) atoms. The number of nitrogens with zero attached hydrogens (tertiary/aromatic N) is 4. The van der Waals surface area contributed by atoms with Crippen LogP contribution in [0.5, 0.6) is 0 Å². The highest BCUT2D eigenvalue weighted by atomic mass is 19.3. The number of alkyl halides is 2. The third-order valence-corrected chi connectivity index (χ3v) is 5.96. The zero-order valence-corrected chi connectivity index (χ0v) is 22.0. The molecule has 4 rings (SSSR count). The predicted octanol–water partition coefficient (Wildman–Crippen LogP) is 4.04. The molecule has 10 nitrogen and oxygen atoms in total. The number of pyridine rings is 2. The number of halogens is 2. The predicted molar refractivity (Wildman–Crippen MR) is 146 cm³/mol. The molecule has 0 aliphatic heterocycles. The van der Waals surface area contributed by atoms with E-state index in [0.717, 1.165) is 35.9 Å². The van der Waals surface area contributed by atoms with Crippen molar-refractivity contribution in [1.29, 1.82) is 0 Å². The van der Waals surface area contributed by atoms with Gasteiger partial charge in [-0.25, -0.2) is 13.8 Å². The number of carbonyl (C=O) groups is 2. The third-order valence-electron chi connectivity index (χ3n) is 5.96. The second-order valence-corrected chi connectivity index (χ2v) is 8.99. The first-order valence-electron chi connectivity index (χ1n) is 12.3. The van der Waals surface area contributed by atoms with E-state index in [1.165, 1.54) is 13.2 Å². The minimum atomic E-state index is -3.17. The van der Waals surface area contributed by atoms with Crippen LogP contribution in [0.3, 0.4) is 0 Å². The molecule has 12 heteroatoms. The summed E-state index contributed by atoms with van der Waals surface area (Å²) in [5, 5.41) is 24.8. The molecule has 4 aromatic rings. The Kier molecular flexibility index (Phi) is 8.39. The molecule has 3 heterocycles. The fourth-order valence-electron chi connectivity index (χ4n) is 3.87. The van der Waals surface area contributed by atoms with Crippen LogP contribution < -0.4 is 16.0 Å². The maximum atomic E-state index is 13.7. The van der Waals surface area contributed by atoms with Gasteiger partial charge in [-0.15, -0.1) is 5.10 Å². The standard InChI is InChI=1S/C28H27F2N7O3/c1-16-4-5-20(35-27(40)24-13-19(15-34-37-24)28(2,29)30)14-21(16)18-11-22(36-25(12-18)33-8-9-38)17-6-7-32-23(10-17)26(39)31-3/h4-7,10-15,38H,8-9H2,1-3H3,(H,31,39)(H,33,36)(H,35,40). The van der Waals surface area contributed by atoms with Crippen molar-refractivity contribution in [3.63, 3.8) is 0 Å². The summed E-state index contributed by atoms with van der Waals surface area (Å²) >= 11 is 0. The number of nitrogens with one attached hydrogen (secondary N) is 3. The molecule has 0 spiro atoms. The molecule has 4 N–H and O–H groups in total. The number of aryl methyl sites for hydroxylation is 1. The van der Waals surface area contributed by atoms with Crippen molar-refractivity contribution in [3.05, 3.63) is 83.4 Å². The monoisotopic (exact) mass is 547 g/mol. The average Bonchev–Trinajstić information content (AvgIpc) is 2.96. The molecule has 0 aliphatic rings. The number of anilines is 2. The number of carbonyl (C=O) groups excluding carboxylic acids is 2. The summed E-state index contributed by atoms with van der Waals surface area (Å²) in [5.41, 5.74) is 3.56. The highest BCUT2D eigenvalue weighted by Crippen LogP contribution is 2.32. The van der Waals surface area contributed by atoms with E-state index in [0.29, 0.717) is 22.8 Å². The van der Waals surface area contributed by atoms with Crippen molar-refractivity contribution in [2.24, 2.45) is 0 Å². The lowest BCUT2D eigenvalue weighted by molar-refractivity contribution is 0.0169. The molecular formula is C28H27F2N7O3. The quantitative estimate of drug-likeness (QED) is 0.246. The topological polar surface area (TPSA) is 142 Å². The lowest BCUT2D eigenvalue weighted by atomic mass is 9.98. The van der Waals surface area contributed by atoms with Gasteiger partial charge < -0.3 is 21.1 Å². The Morgan fingerprint density at radius 1 is 1.00 bits per heavy atom. The Hall–Kier alpha value is -4.84. The number of hydrogen-bond donors (Lipinski definition) is 4. The molecule has 3 aromatic heterocycles. The molecule has 0 unspecified atom stereocenters. The summed E-state index contributed by atoms with van der Waals surface area (Å²) in [6.45, 7) is 2.78. The van der Waals surface area contributed by atoms with Gasteiger partial charge in [0.05, 0.1) is 18.5 Å². The van der Waals surface area contributed by atoms with E-state index in [2.05, 4.69) is 36.1 Å². The molecular weight excluding hydrogens is 520 g/mol. The van der Waals surface area contributed by atoms with Gasteiger partial charge in [0.1, 0.15) is 11.5 Å². The molecule has 0 atom stereocenters. The Balaban J connectivity index is 1.71. The van der Waals surface area contributed by atoms with Gasteiger partial charge in [-0.1, -0.05) is 6.07 Å². The Morgan fingerprint density at radius 3 is 2.52 bits per heavy atom.